The van der Waals surface area contributed by atoms with Crippen LogP contribution in [0.4, 0.5) is 4.39 Å². The van der Waals surface area contributed by atoms with Crippen molar-refractivity contribution in [2.75, 3.05) is 7.11 Å². The molecule has 0 radical (unpaired) electrons. The number of ether oxygens (including phenoxy) is 1. The summed E-state index contributed by atoms with van der Waals surface area (Å²) < 4.78 is 19.4. The predicted octanol–water partition coefficient (Wildman–Crippen LogP) is 3.44. The van der Waals surface area contributed by atoms with Crippen LogP contribution in [0.15, 0.2) is 12.1 Å². The maximum absolute atomic E-state index is 14.1. The van der Waals surface area contributed by atoms with Crippen LogP contribution in [0.25, 0.3) is 0 Å². The first kappa shape index (κ1) is 14.0. The number of hydrogen-bond donors (Lipinski definition) is 1. The lowest BCUT2D eigenvalue weighted by Gasteiger charge is -2.27. The minimum Gasteiger partial charge on any atom is -0.496 e. The first-order valence-electron chi connectivity index (χ1n) is 5.69. The van der Waals surface area contributed by atoms with Crippen molar-refractivity contribution in [1.82, 2.24) is 0 Å². The Hall–Kier alpha value is -1.09. The van der Waals surface area contributed by atoms with Gasteiger partial charge in [0.05, 0.1) is 12.7 Å². The van der Waals surface area contributed by atoms with Gasteiger partial charge in [-0.05, 0) is 40.2 Å². The number of alkyl halides is 1. The molecule has 1 N–H and O–H groups in total. The number of methoxy groups -OCH3 is 1. The first-order valence-corrected chi connectivity index (χ1v) is 5.69. The Labute approximate surface area is 102 Å². The topological polar surface area (TPSA) is 29.5 Å². The number of hydrogen-bond acceptors (Lipinski definition) is 2. The normalized spacial score (nSPS) is 12.7. The van der Waals surface area contributed by atoms with Crippen molar-refractivity contribution >= 4 is 0 Å². The van der Waals surface area contributed by atoms with Crippen molar-refractivity contribution in [3.63, 3.8) is 0 Å². The summed E-state index contributed by atoms with van der Waals surface area (Å²) in [5.74, 6) is 0.435. The van der Waals surface area contributed by atoms with Crippen molar-refractivity contribution in [3.8, 4) is 5.75 Å². The summed E-state index contributed by atoms with van der Waals surface area (Å²) in [4.78, 5) is 0. The third kappa shape index (κ3) is 2.78. The third-order valence-electron chi connectivity index (χ3n) is 2.82. The van der Waals surface area contributed by atoms with Crippen molar-refractivity contribution in [3.05, 3.63) is 28.8 Å². The number of benzene rings is 1. The third-order valence-corrected chi connectivity index (χ3v) is 2.82. The Morgan fingerprint density at radius 2 is 1.71 bits per heavy atom. The van der Waals surface area contributed by atoms with E-state index in [0.29, 0.717) is 16.9 Å². The smallest absolute Gasteiger partial charge is 0.134 e. The molecular weight excluding hydrogens is 219 g/mol. The minimum absolute atomic E-state index is 0.435. The summed E-state index contributed by atoms with van der Waals surface area (Å²) in [5.41, 5.74) is -0.566. The maximum Gasteiger partial charge on any atom is 0.134 e. The Bertz CT molecular complexity index is 411. The molecule has 1 aromatic carbocycles. The summed E-state index contributed by atoms with van der Waals surface area (Å²) in [6, 6.07) is 3.52. The first-order chi connectivity index (χ1) is 7.59. The highest BCUT2D eigenvalue weighted by Crippen LogP contribution is 2.41. The molecule has 0 saturated carbocycles. The molecular formula is C14H21FO2. The molecule has 0 bridgehead atoms. The molecule has 0 atom stereocenters. The van der Waals surface area contributed by atoms with Gasteiger partial charge >= 0.3 is 0 Å². The largest absolute Gasteiger partial charge is 0.496 e. The standard InChI is InChI=1S/C14H21FO2/c1-9-7-8-10(13(2,3)15)12(17-6)11(9)14(4,5)16/h7-8,16H,1-6H3. The van der Waals surface area contributed by atoms with E-state index in [1.54, 1.807) is 19.9 Å². The Kier molecular flexibility index (Phi) is 3.53. The fourth-order valence-corrected chi connectivity index (χ4v) is 2.12. The Balaban J connectivity index is 3.60. The van der Waals surface area contributed by atoms with E-state index in [0.717, 1.165) is 5.56 Å². The van der Waals surface area contributed by atoms with E-state index >= 15 is 0 Å². The van der Waals surface area contributed by atoms with Crippen LogP contribution < -0.4 is 4.74 Å². The molecule has 0 unspecified atom stereocenters. The number of aryl methyl sites for hydroxylation is 1. The predicted molar refractivity (Wildman–Crippen MR) is 67.1 cm³/mol. The van der Waals surface area contributed by atoms with Crippen LogP contribution in [0.5, 0.6) is 5.75 Å². The van der Waals surface area contributed by atoms with E-state index in [-0.39, 0.29) is 0 Å². The van der Waals surface area contributed by atoms with Crippen LogP contribution in [0, 0.1) is 6.92 Å². The highest BCUT2D eigenvalue weighted by atomic mass is 19.1. The lowest BCUT2D eigenvalue weighted by atomic mass is 9.87. The van der Waals surface area contributed by atoms with Crippen LogP contribution in [-0.2, 0) is 11.3 Å². The van der Waals surface area contributed by atoms with Gasteiger partial charge in [0.15, 0.2) is 0 Å². The van der Waals surface area contributed by atoms with Crippen molar-refractivity contribution < 1.29 is 14.2 Å². The highest BCUT2D eigenvalue weighted by Gasteiger charge is 2.31. The summed E-state index contributed by atoms with van der Waals surface area (Å²) in [5, 5.41) is 10.2. The quantitative estimate of drug-likeness (QED) is 0.877. The van der Waals surface area contributed by atoms with E-state index < -0.39 is 11.3 Å². The Morgan fingerprint density at radius 1 is 1.18 bits per heavy atom. The summed E-state index contributed by atoms with van der Waals surface area (Å²) >= 11 is 0. The van der Waals surface area contributed by atoms with E-state index in [1.165, 1.54) is 21.0 Å². The minimum atomic E-state index is -1.50. The van der Waals surface area contributed by atoms with Crippen molar-refractivity contribution in [1.29, 1.82) is 0 Å². The molecule has 0 aromatic heterocycles. The van der Waals surface area contributed by atoms with Crippen LogP contribution in [0.2, 0.25) is 0 Å². The monoisotopic (exact) mass is 240 g/mol. The summed E-state index contributed by atoms with van der Waals surface area (Å²) in [7, 11) is 1.50. The average molecular weight is 240 g/mol. The zero-order valence-electron chi connectivity index (χ0n) is 11.4. The van der Waals surface area contributed by atoms with Crippen LogP contribution in [0.3, 0.4) is 0 Å². The van der Waals surface area contributed by atoms with Gasteiger partial charge in [0, 0.05) is 11.1 Å². The Morgan fingerprint density at radius 3 is 2.06 bits per heavy atom. The molecule has 1 aromatic rings. The fourth-order valence-electron chi connectivity index (χ4n) is 2.12. The van der Waals surface area contributed by atoms with Gasteiger partial charge in [-0.15, -0.1) is 0 Å². The molecule has 0 aliphatic carbocycles. The van der Waals surface area contributed by atoms with Gasteiger partial charge in [0.2, 0.25) is 0 Å². The zero-order valence-corrected chi connectivity index (χ0v) is 11.4. The second kappa shape index (κ2) is 4.30. The second-order valence-electron chi connectivity index (χ2n) is 5.37. The number of halogens is 1. The molecule has 0 amide bonds. The fraction of sp³-hybridized carbons (Fsp3) is 0.571. The summed E-state index contributed by atoms with van der Waals surface area (Å²) in [6.45, 7) is 8.19. The van der Waals surface area contributed by atoms with Gasteiger partial charge in [-0.25, -0.2) is 4.39 Å². The van der Waals surface area contributed by atoms with Crippen molar-refractivity contribution in [2.45, 2.75) is 45.9 Å². The van der Waals surface area contributed by atoms with Gasteiger partial charge < -0.3 is 9.84 Å². The van der Waals surface area contributed by atoms with E-state index in [9.17, 15) is 9.50 Å². The lowest BCUT2D eigenvalue weighted by Crippen LogP contribution is -2.21. The SMILES string of the molecule is COc1c(C(C)(C)F)ccc(C)c1C(C)(C)O. The van der Waals surface area contributed by atoms with Gasteiger partial charge in [-0.3, -0.25) is 0 Å². The van der Waals surface area contributed by atoms with Gasteiger partial charge in [-0.1, -0.05) is 12.1 Å². The molecule has 3 heteroatoms. The van der Waals surface area contributed by atoms with E-state index in [2.05, 4.69) is 0 Å². The molecule has 2 nitrogen and oxygen atoms in total. The molecule has 96 valence electrons. The van der Waals surface area contributed by atoms with E-state index in [1.807, 2.05) is 13.0 Å². The molecule has 0 fully saturated rings. The van der Waals surface area contributed by atoms with Gasteiger partial charge in [0.25, 0.3) is 0 Å². The number of rotatable bonds is 3. The maximum atomic E-state index is 14.1. The lowest BCUT2D eigenvalue weighted by molar-refractivity contribution is 0.0741. The van der Waals surface area contributed by atoms with Crippen LogP contribution >= 0.6 is 0 Å². The van der Waals surface area contributed by atoms with Crippen LogP contribution in [-0.4, -0.2) is 12.2 Å². The average Bonchev–Trinajstić information content (AvgIpc) is 2.12. The second-order valence-corrected chi connectivity index (χ2v) is 5.37. The molecule has 0 aliphatic rings. The summed E-state index contributed by atoms with van der Waals surface area (Å²) in [6.07, 6.45) is 0. The molecule has 0 heterocycles. The molecule has 1 rings (SSSR count). The van der Waals surface area contributed by atoms with Crippen molar-refractivity contribution in [2.24, 2.45) is 0 Å². The van der Waals surface area contributed by atoms with Gasteiger partial charge in [-0.2, -0.15) is 0 Å². The molecule has 0 saturated heterocycles. The number of aliphatic hydroxyl groups is 1. The van der Waals surface area contributed by atoms with Crippen LogP contribution in [0.1, 0.15) is 44.4 Å². The molecule has 0 spiro atoms. The van der Waals surface area contributed by atoms with Gasteiger partial charge in [0.1, 0.15) is 11.4 Å². The zero-order chi connectivity index (χ0) is 13.4. The highest BCUT2D eigenvalue weighted by molar-refractivity contribution is 5.50. The molecule has 0 aliphatic heterocycles. The molecule has 17 heavy (non-hydrogen) atoms. The van der Waals surface area contributed by atoms with E-state index in [4.69, 9.17) is 4.74 Å².